The Morgan fingerprint density at radius 3 is 2.31 bits per heavy atom. The van der Waals surface area contributed by atoms with Crippen LogP contribution in [-0.2, 0) is 9.53 Å². The van der Waals surface area contributed by atoms with Gasteiger partial charge in [0, 0.05) is 0 Å². The van der Waals surface area contributed by atoms with Crippen LogP contribution in [0.3, 0.4) is 0 Å². The number of allylic oxidation sites excluding steroid dienone is 2. The van der Waals surface area contributed by atoms with Crippen LogP contribution in [-0.4, -0.2) is 12.6 Å². The molecule has 0 rings (SSSR count). The van der Waals surface area contributed by atoms with Crippen molar-refractivity contribution in [2.75, 3.05) is 6.61 Å². The second kappa shape index (κ2) is 7.59. The Labute approximate surface area is 80.3 Å². The molecule has 0 atom stereocenters. The fourth-order valence-corrected chi connectivity index (χ4v) is 1.01. The summed E-state index contributed by atoms with van der Waals surface area (Å²) in [7, 11) is 0. The summed E-state index contributed by atoms with van der Waals surface area (Å²) in [5.74, 6) is -0.233. The molecule has 0 fully saturated rings. The quantitative estimate of drug-likeness (QED) is 0.447. The molecule has 2 nitrogen and oxygen atoms in total. The smallest absolute Gasteiger partial charge is 0.309 e. The number of hydrogen-bond acceptors (Lipinski definition) is 2. The normalized spacial score (nSPS) is 9.69. The highest BCUT2D eigenvalue weighted by molar-refractivity contribution is 5.72. The molecule has 0 saturated carbocycles. The molecule has 2 heteroatoms. The summed E-state index contributed by atoms with van der Waals surface area (Å²) < 4.78 is 5.02. The number of carbonyl (C=O) groups excluding carboxylic acids is 1. The lowest BCUT2D eigenvalue weighted by atomic mass is 10.0. The average Bonchev–Trinajstić information content (AvgIpc) is 2.14. The second-order valence-electron chi connectivity index (χ2n) is 2.91. The van der Waals surface area contributed by atoms with E-state index in [0.29, 0.717) is 19.4 Å². The zero-order chi connectivity index (χ0) is 10.1. The molecule has 0 aromatic rings. The van der Waals surface area contributed by atoms with Crippen LogP contribution >= 0.6 is 0 Å². The van der Waals surface area contributed by atoms with Crippen molar-refractivity contribution in [2.24, 2.45) is 5.92 Å². The maximum atomic E-state index is 11.4. The van der Waals surface area contributed by atoms with Crippen molar-refractivity contribution < 1.29 is 9.53 Å². The van der Waals surface area contributed by atoms with Gasteiger partial charge in [-0.1, -0.05) is 19.1 Å². The van der Waals surface area contributed by atoms with Gasteiger partial charge >= 0.3 is 5.97 Å². The van der Waals surface area contributed by atoms with E-state index in [4.69, 9.17) is 4.74 Å². The molecule has 0 unspecified atom stereocenters. The van der Waals surface area contributed by atoms with Crippen LogP contribution in [0.2, 0.25) is 0 Å². The van der Waals surface area contributed by atoms with E-state index in [9.17, 15) is 4.79 Å². The molecule has 13 heavy (non-hydrogen) atoms. The molecule has 0 aromatic heterocycles. The SMILES string of the molecule is C=CCC(CC=C)C(=O)OCCC. The van der Waals surface area contributed by atoms with Crippen molar-refractivity contribution in [3.63, 3.8) is 0 Å². The van der Waals surface area contributed by atoms with E-state index in [-0.39, 0.29) is 11.9 Å². The summed E-state index contributed by atoms with van der Waals surface area (Å²) in [6, 6.07) is 0. The Balaban J connectivity index is 3.93. The zero-order valence-corrected chi connectivity index (χ0v) is 8.29. The first-order chi connectivity index (χ1) is 6.26. The number of rotatable bonds is 7. The van der Waals surface area contributed by atoms with Gasteiger partial charge in [-0.3, -0.25) is 4.79 Å². The van der Waals surface area contributed by atoms with Crippen LogP contribution in [0.1, 0.15) is 26.2 Å². The Bertz CT molecular complexity index is 163. The minimum Gasteiger partial charge on any atom is -0.465 e. The molecular formula is C11H18O2. The van der Waals surface area contributed by atoms with Crippen LogP contribution in [0.4, 0.5) is 0 Å². The third-order valence-electron chi connectivity index (χ3n) is 1.68. The lowest BCUT2D eigenvalue weighted by molar-refractivity contribution is -0.148. The van der Waals surface area contributed by atoms with Crippen molar-refractivity contribution in [1.29, 1.82) is 0 Å². The van der Waals surface area contributed by atoms with Gasteiger partial charge in [0.05, 0.1) is 12.5 Å². The molecule has 0 aliphatic rings. The molecule has 0 aliphatic heterocycles. The van der Waals surface area contributed by atoms with Crippen molar-refractivity contribution in [3.8, 4) is 0 Å². The standard InChI is InChI=1S/C11H18O2/c1-4-7-10(8-5-2)11(12)13-9-6-3/h4-5,10H,1-2,6-9H2,3H3. The Hall–Kier alpha value is -1.05. The third kappa shape index (κ3) is 5.23. The van der Waals surface area contributed by atoms with Crippen molar-refractivity contribution >= 4 is 5.97 Å². The molecule has 0 bridgehead atoms. The van der Waals surface area contributed by atoms with E-state index >= 15 is 0 Å². The van der Waals surface area contributed by atoms with Crippen LogP contribution in [0.25, 0.3) is 0 Å². The molecule has 0 radical (unpaired) electrons. The van der Waals surface area contributed by atoms with Gasteiger partial charge in [0.15, 0.2) is 0 Å². The molecular weight excluding hydrogens is 164 g/mol. The van der Waals surface area contributed by atoms with Gasteiger partial charge in [-0.05, 0) is 19.3 Å². The van der Waals surface area contributed by atoms with Gasteiger partial charge in [0.25, 0.3) is 0 Å². The summed E-state index contributed by atoms with van der Waals surface area (Å²) in [6.45, 7) is 9.69. The van der Waals surface area contributed by atoms with E-state index in [1.54, 1.807) is 12.2 Å². The number of hydrogen-bond donors (Lipinski definition) is 0. The molecule has 0 heterocycles. The van der Waals surface area contributed by atoms with Gasteiger partial charge in [-0.2, -0.15) is 0 Å². The van der Waals surface area contributed by atoms with Crippen LogP contribution < -0.4 is 0 Å². The Kier molecular flexibility index (Phi) is 6.98. The molecule has 0 aliphatic carbocycles. The predicted molar refractivity (Wildman–Crippen MR) is 54.4 cm³/mol. The average molecular weight is 182 g/mol. The van der Waals surface area contributed by atoms with E-state index in [0.717, 1.165) is 6.42 Å². The minimum atomic E-state index is -0.137. The highest BCUT2D eigenvalue weighted by Gasteiger charge is 2.16. The lowest BCUT2D eigenvalue weighted by Crippen LogP contribution is -2.17. The molecule has 0 spiro atoms. The van der Waals surface area contributed by atoms with Gasteiger partial charge in [0.1, 0.15) is 0 Å². The molecule has 0 aromatic carbocycles. The highest BCUT2D eigenvalue weighted by atomic mass is 16.5. The maximum absolute atomic E-state index is 11.4. The van der Waals surface area contributed by atoms with E-state index in [1.807, 2.05) is 6.92 Å². The molecule has 0 N–H and O–H groups in total. The second-order valence-corrected chi connectivity index (χ2v) is 2.91. The number of carbonyl (C=O) groups is 1. The van der Waals surface area contributed by atoms with Gasteiger partial charge in [0.2, 0.25) is 0 Å². The number of ether oxygens (including phenoxy) is 1. The van der Waals surface area contributed by atoms with E-state index in [2.05, 4.69) is 13.2 Å². The van der Waals surface area contributed by atoms with Crippen molar-refractivity contribution in [2.45, 2.75) is 26.2 Å². The monoisotopic (exact) mass is 182 g/mol. The molecule has 0 saturated heterocycles. The topological polar surface area (TPSA) is 26.3 Å². The van der Waals surface area contributed by atoms with E-state index < -0.39 is 0 Å². The van der Waals surface area contributed by atoms with Crippen molar-refractivity contribution in [3.05, 3.63) is 25.3 Å². The lowest BCUT2D eigenvalue weighted by Gasteiger charge is -2.11. The first-order valence-electron chi connectivity index (χ1n) is 4.64. The fourth-order valence-electron chi connectivity index (χ4n) is 1.01. The first-order valence-corrected chi connectivity index (χ1v) is 4.64. The summed E-state index contributed by atoms with van der Waals surface area (Å²) >= 11 is 0. The summed E-state index contributed by atoms with van der Waals surface area (Å²) in [6.07, 6.45) is 5.66. The predicted octanol–water partition coefficient (Wildman–Crippen LogP) is 2.71. The van der Waals surface area contributed by atoms with Gasteiger partial charge in [-0.25, -0.2) is 0 Å². The van der Waals surface area contributed by atoms with Crippen molar-refractivity contribution in [1.82, 2.24) is 0 Å². The fraction of sp³-hybridized carbons (Fsp3) is 0.545. The highest BCUT2D eigenvalue weighted by Crippen LogP contribution is 2.11. The summed E-state index contributed by atoms with van der Waals surface area (Å²) in [4.78, 5) is 11.4. The first kappa shape index (κ1) is 11.9. The van der Waals surface area contributed by atoms with Crippen LogP contribution in [0.5, 0.6) is 0 Å². The van der Waals surface area contributed by atoms with Crippen LogP contribution in [0, 0.1) is 5.92 Å². The molecule has 0 amide bonds. The van der Waals surface area contributed by atoms with Gasteiger partial charge < -0.3 is 4.74 Å². The number of esters is 1. The third-order valence-corrected chi connectivity index (χ3v) is 1.68. The van der Waals surface area contributed by atoms with Crippen LogP contribution in [0.15, 0.2) is 25.3 Å². The summed E-state index contributed by atoms with van der Waals surface area (Å²) in [5, 5.41) is 0. The minimum absolute atomic E-state index is 0.0958. The van der Waals surface area contributed by atoms with Gasteiger partial charge in [-0.15, -0.1) is 13.2 Å². The maximum Gasteiger partial charge on any atom is 0.309 e. The Morgan fingerprint density at radius 2 is 1.92 bits per heavy atom. The zero-order valence-electron chi connectivity index (χ0n) is 8.29. The van der Waals surface area contributed by atoms with E-state index in [1.165, 1.54) is 0 Å². The Morgan fingerprint density at radius 1 is 1.38 bits per heavy atom. The molecule has 74 valence electrons. The largest absolute Gasteiger partial charge is 0.465 e. The summed E-state index contributed by atoms with van der Waals surface area (Å²) in [5.41, 5.74) is 0.